The van der Waals surface area contributed by atoms with Crippen molar-refractivity contribution in [2.45, 2.75) is 44.1 Å². The van der Waals surface area contributed by atoms with Crippen molar-refractivity contribution in [3.63, 3.8) is 0 Å². The summed E-state index contributed by atoms with van der Waals surface area (Å²) >= 11 is 12.1. The summed E-state index contributed by atoms with van der Waals surface area (Å²) < 4.78 is 15.5. The van der Waals surface area contributed by atoms with Gasteiger partial charge in [-0.05, 0) is 24.6 Å². The number of aliphatic hydroxyl groups excluding tert-OH is 3. The van der Waals surface area contributed by atoms with Crippen molar-refractivity contribution < 1.29 is 44.2 Å². The van der Waals surface area contributed by atoms with Gasteiger partial charge in [-0.1, -0.05) is 23.2 Å². The van der Waals surface area contributed by atoms with Crippen LogP contribution < -0.4 is 4.74 Å². The summed E-state index contributed by atoms with van der Waals surface area (Å²) in [5.74, 6) is -2.44. The normalized spacial score (nSPS) is 27.9. The molecule has 1 aliphatic heterocycles. The third-order valence-corrected chi connectivity index (χ3v) is 4.31. The van der Waals surface area contributed by atoms with Gasteiger partial charge in [0.2, 0.25) is 6.29 Å². The summed E-state index contributed by atoms with van der Waals surface area (Å²) in [6.45, 7) is 1.20. The predicted octanol–water partition coefficient (Wildman–Crippen LogP) is 0.506. The molecule has 0 bridgehead atoms. The van der Waals surface area contributed by atoms with E-state index in [1.54, 1.807) is 19.1 Å². The Morgan fingerprint density at radius 1 is 1.11 bits per heavy atom. The topological polar surface area (TPSA) is 143 Å². The molecule has 1 heterocycles. The molecular formula is C16H18Cl2O9. The average Bonchev–Trinajstić information content (AvgIpc) is 2.56. The Morgan fingerprint density at radius 2 is 1.70 bits per heavy atom. The SMILES string of the molecule is Cc1cc(Cl)c(O[C@@H]2O[C@H](COC(=O)CC(=O)O)[C@@H](O)[C@H](O)[C@H]2O)c(Cl)c1. The molecule has 1 aromatic carbocycles. The maximum absolute atomic E-state index is 11.3. The molecule has 4 N–H and O–H groups in total. The van der Waals surface area contributed by atoms with Crippen LogP contribution in [-0.4, -0.2) is 69.7 Å². The lowest BCUT2D eigenvalue weighted by molar-refractivity contribution is -0.278. The molecule has 1 aromatic rings. The lowest BCUT2D eigenvalue weighted by Crippen LogP contribution is -2.60. The van der Waals surface area contributed by atoms with Crippen LogP contribution >= 0.6 is 23.2 Å². The van der Waals surface area contributed by atoms with Gasteiger partial charge in [-0.3, -0.25) is 9.59 Å². The molecule has 9 nitrogen and oxygen atoms in total. The molecule has 5 atom stereocenters. The molecule has 27 heavy (non-hydrogen) atoms. The minimum atomic E-state index is -1.69. The van der Waals surface area contributed by atoms with Crippen molar-refractivity contribution in [2.24, 2.45) is 0 Å². The lowest BCUT2D eigenvalue weighted by atomic mass is 9.99. The number of halogens is 2. The van der Waals surface area contributed by atoms with E-state index in [4.69, 9.17) is 42.5 Å². The molecule has 1 saturated heterocycles. The van der Waals surface area contributed by atoms with Crippen LogP contribution in [0.5, 0.6) is 5.75 Å². The van der Waals surface area contributed by atoms with Gasteiger partial charge >= 0.3 is 11.9 Å². The van der Waals surface area contributed by atoms with Crippen LogP contribution in [0.3, 0.4) is 0 Å². The van der Waals surface area contributed by atoms with Crippen molar-refractivity contribution in [1.29, 1.82) is 0 Å². The van der Waals surface area contributed by atoms with Crippen molar-refractivity contribution in [3.8, 4) is 5.75 Å². The zero-order valence-corrected chi connectivity index (χ0v) is 15.6. The predicted molar refractivity (Wildman–Crippen MR) is 91.7 cm³/mol. The molecule has 0 aliphatic carbocycles. The van der Waals surface area contributed by atoms with Crippen LogP contribution in [0.15, 0.2) is 12.1 Å². The first-order valence-corrected chi connectivity index (χ1v) is 8.55. The van der Waals surface area contributed by atoms with E-state index in [2.05, 4.69) is 0 Å². The van der Waals surface area contributed by atoms with E-state index in [1.807, 2.05) is 0 Å². The van der Waals surface area contributed by atoms with Gasteiger partial charge in [0.1, 0.15) is 37.4 Å². The first kappa shape index (κ1) is 21.7. The molecule has 0 spiro atoms. The number of ether oxygens (including phenoxy) is 3. The molecule has 150 valence electrons. The van der Waals surface area contributed by atoms with E-state index >= 15 is 0 Å². The van der Waals surface area contributed by atoms with E-state index in [-0.39, 0.29) is 15.8 Å². The highest BCUT2D eigenvalue weighted by Gasteiger charge is 2.45. The van der Waals surface area contributed by atoms with E-state index in [1.165, 1.54) is 0 Å². The Kier molecular flexibility index (Phi) is 7.26. The standard InChI is InChI=1S/C16H18Cl2O9/c1-6-2-7(17)15(8(18)3-6)27-16-14(24)13(23)12(22)9(26-16)5-25-11(21)4-10(19)20/h2-3,9,12-14,16,22-24H,4-5H2,1H3,(H,19,20)/t9-,12-,13+,14-,16+/m1/s1. The van der Waals surface area contributed by atoms with Gasteiger partial charge in [-0.25, -0.2) is 0 Å². The lowest BCUT2D eigenvalue weighted by Gasteiger charge is -2.40. The number of hydrogen-bond donors (Lipinski definition) is 4. The highest BCUT2D eigenvalue weighted by molar-refractivity contribution is 6.37. The van der Waals surface area contributed by atoms with Crippen LogP contribution in [0.4, 0.5) is 0 Å². The van der Waals surface area contributed by atoms with E-state index in [0.29, 0.717) is 0 Å². The zero-order chi connectivity index (χ0) is 20.3. The van der Waals surface area contributed by atoms with E-state index in [0.717, 1.165) is 5.56 Å². The molecule has 0 unspecified atom stereocenters. The van der Waals surface area contributed by atoms with E-state index in [9.17, 15) is 24.9 Å². The number of esters is 1. The Morgan fingerprint density at radius 3 is 2.26 bits per heavy atom. The highest BCUT2D eigenvalue weighted by Crippen LogP contribution is 2.36. The molecule has 1 fully saturated rings. The fourth-order valence-corrected chi connectivity index (χ4v) is 3.10. The van der Waals surface area contributed by atoms with Gasteiger partial charge in [0.25, 0.3) is 0 Å². The smallest absolute Gasteiger partial charge is 0.317 e. The number of hydrogen-bond acceptors (Lipinski definition) is 8. The Hall–Kier alpha value is -1.62. The second-order valence-electron chi connectivity index (χ2n) is 5.94. The molecule has 0 aromatic heterocycles. The molecule has 0 saturated carbocycles. The van der Waals surface area contributed by atoms with Crippen molar-refractivity contribution in [3.05, 3.63) is 27.7 Å². The number of carbonyl (C=O) groups excluding carboxylic acids is 1. The zero-order valence-electron chi connectivity index (χ0n) is 14.0. The Labute approximate surface area is 164 Å². The van der Waals surface area contributed by atoms with Gasteiger partial charge in [-0.2, -0.15) is 0 Å². The van der Waals surface area contributed by atoms with Crippen LogP contribution in [0.25, 0.3) is 0 Å². The number of carboxylic acid groups (broad SMARTS) is 1. The first-order valence-electron chi connectivity index (χ1n) is 7.79. The Balaban J connectivity index is 2.10. The average molecular weight is 425 g/mol. The van der Waals surface area contributed by atoms with Crippen LogP contribution in [0, 0.1) is 6.92 Å². The number of carboxylic acids is 1. The molecular weight excluding hydrogens is 407 g/mol. The van der Waals surface area contributed by atoms with Crippen molar-refractivity contribution in [1.82, 2.24) is 0 Å². The number of aliphatic carboxylic acids is 1. The maximum Gasteiger partial charge on any atom is 0.317 e. The van der Waals surface area contributed by atoms with E-state index < -0.39 is 55.7 Å². The fraction of sp³-hybridized carbons (Fsp3) is 0.500. The second kappa shape index (κ2) is 9.05. The van der Waals surface area contributed by atoms with Gasteiger partial charge in [-0.15, -0.1) is 0 Å². The maximum atomic E-state index is 11.3. The largest absolute Gasteiger partial charge is 0.481 e. The summed E-state index contributed by atoms with van der Waals surface area (Å²) in [7, 11) is 0. The molecule has 0 radical (unpaired) electrons. The fourth-order valence-electron chi connectivity index (χ4n) is 2.42. The van der Waals surface area contributed by atoms with Gasteiger partial charge in [0.15, 0.2) is 5.75 Å². The Bertz CT molecular complexity index is 688. The summed E-state index contributed by atoms with van der Waals surface area (Å²) in [6.07, 6.45) is -8.59. The van der Waals surface area contributed by atoms with Gasteiger partial charge < -0.3 is 34.6 Å². The minimum absolute atomic E-state index is 0.00167. The highest BCUT2D eigenvalue weighted by atomic mass is 35.5. The number of rotatable bonds is 6. The monoisotopic (exact) mass is 424 g/mol. The van der Waals surface area contributed by atoms with Crippen LogP contribution in [-0.2, 0) is 19.1 Å². The molecule has 0 amide bonds. The third kappa shape index (κ3) is 5.44. The number of carbonyl (C=O) groups is 2. The summed E-state index contributed by atoms with van der Waals surface area (Å²) in [5.41, 5.74) is 0.765. The minimum Gasteiger partial charge on any atom is -0.481 e. The summed E-state index contributed by atoms with van der Waals surface area (Å²) in [4.78, 5) is 21.8. The van der Waals surface area contributed by atoms with Gasteiger partial charge in [0, 0.05) is 0 Å². The van der Waals surface area contributed by atoms with Crippen LogP contribution in [0.1, 0.15) is 12.0 Å². The molecule has 1 aliphatic rings. The number of aryl methyl sites for hydroxylation is 1. The third-order valence-electron chi connectivity index (χ3n) is 3.75. The summed E-state index contributed by atoms with van der Waals surface area (Å²) in [5, 5.41) is 38.9. The second-order valence-corrected chi connectivity index (χ2v) is 6.76. The number of benzene rings is 1. The van der Waals surface area contributed by atoms with Crippen LogP contribution in [0.2, 0.25) is 10.0 Å². The van der Waals surface area contributed by atoms with Crippen molar-refractivity contribution >= 4 is 35.1 Å². The first-order chi connectivity index (χ1) is 12.6. The molecule has 11 heteroatoms. The number of aliphatic hydroxyl groups is 3. The van der Waals surface area contributed by atoms with Gasteiger partial charge in [0.05, 0.1) is 10.0 Å². The quantitative estimate of drug-likeness (QED) is 0.379. The molecule has 2 rings (SSSR count). The summed E-state index contributed by atoms with van der Waals surface area (Å²) in [6, 6.07) is 3.13. The van der Waals surface area contributed by atoms with Crippen molar-refractivity contribution in [2.75, 3.05) is 6.61 Å².